The number of carbonyl (C=O) groups is 1. The van der Waals surface area contributed by atoms with E-state index in [9.17, 15) is 9.90 Å². The first-order valence-electron chi connectivity index (χ1n) is 11.6. The number of aliphatic hydroxyl groups is 1. The molecule has 34 heavy (non-hydrogen) atoms. The van der Waals surface area contributed by atoms with Gasteiger partial charge in [-0.25, -0.2) is 0 Å². The minimum Gasteiger partial charge on any atom is -0.399 e. The van der Waals surface area contributed by atoms with E-state index in [1.807, 2.05) is 47.3 Å². The highest BCUT2D eigenvalue weighted by atomic mass is 16.3. The van der Waals surface area contributed by atoms with Gasteiger partial charge < -0.3 is 15.7 Å². The fraction of sp³-hybridized carbons (Fsp3) is 0.346. The lowest BCUT2D eigenvalue weighted by Crippen LogP contribution is -2.46. The Morgan fingerprint density at radius 1 is 1.15 bits per heavy atom. The molecule has 1 fully saturated rings. The second-order valence-corrected chi connectivity index (χ2v) is 8.79. The topological polar surface area (TPSA) is 120 Å². The molecule has 1 aliphatic rings. The largest absolute Gasteiger partial charge is 0.399 e. The number of carbonyl (C=O) groups excluding carboxylic acids is 1. The van der Waals surface area contributed by atoms with Crippen LogP contribution in [-0.2, 0) is 0 Å². The maximum atomic E-state index is 12.7. The predicted molar refractivity (Wildman–Crippen MR) is 133 cm³/mol. The number of aliphatic imine (C=N–C) groups is 1. The van der Waals surface area contributed by atoms with Gasteiger partial charge in [0.15, 0.2) is 6.19 Å². The molecule has 0 atom stereocenters. The summed E-state index contributed by atoms with van der Waals surface area (Å²) in [5.74, 6) is 0.453. The molecule has 1 saturated heterocycles. The molecule has 0 unspecified atom stereocenters. The summed E-state index contributed by atoms with van der Waals surface area (Å²) in [6.45, 7) is 1.60. The number of nitrogens with zero attached hydrogens (tertiary/aromatic N) is 4. The van der Waals surface area contributed by atoms with E-state index in [1.54, 1.807) is 29.2 Å². The number of aromatic nitrogens is 1. The molecule has 176 valence electrons. The molecule has 2 aromatic carbocycles. The molecule has 0 saturated carbocycles. The summed E-state index contributed by atoms with van der Waals surface area (Å²) in [5, 5.41) is 23.9. The molecule has 8 nitrogen and oxygen atoms in total. The Bertz CT molecular complexity index is 1220. The van der Waals surface area contributed by atoms with Gasteiger partial charge in [0.1, 0.15) is 0 Å². The molecular weight excluding hydrogens is 428 g/mol. The van der Waals surface area contributed by atoms with Crippen LogP contribution in [0.5, 0.6) is 0 Å². The Morgan fingerprint density at radius 2 is 1.94 bits per heavy atom. The number of nitrogens with one attached hydrogen (secondary N) is 1. The third-order valence-electron chi connectivity index (χ3n) is 6.42. The van der Waals surface area contributed by atoms with E-state index in [-0.39, 0.29) is 5.91 Å². The Balaban J connectivity index is 1.27. The molecule has 0 aliphatic carbocycles. The van der Waals surface area contributed by atoms with Crippen molar-refractivity contribution in [2.24, 2.45) is 4.99 Å². The molecule has 0 radical (unpaired) electrons. The van der Waals surface area contributed by atoms with Crippen LogP contribution in [0.25, 0.3) is 10.9 Å². The zero-order valence-corrected chi connectivity index (χ0v) is 19.2. The van der Waals surface area contributed by atoms with Crippen molar-refractivity contribution in [3.63, 3.8) is 0 Å². The first-order valence-corrected chi connectivity index (χ1v) is 11.6. The number of benzene rings is 2. The minimum absolute atomic E-state index is 0.0428. The summed E-state index contributed by atoms with van der Waals surface area (Å²) >= 11 is 0. The van der Waals surface area contributed by atoms with Crippen LogP contribution < -0.4 is 11.1 Å². The summed E-state index contributed by atoms with van der Waals surface area (Å²) in [6, 6.07) is 16.9. The number of rotatable bonds is 6. The van der Waals surface area contributed by atoms with Crippen LogP contribution >= 0.6 is 0 Å². The fourth-order valence-corrected chi connectivity index (χ4v) is 4.47. The number of amides is 1. The Kier molecular flexibility index (Phi) is 7.14. The van der Waals surface area contributed by atoms with Gasteiger partial charge in [0.25, 0.3) is 5.91 Å². The maximum absolute atomic E-state index is 12.7. The van der Waals surface area contributed by atoms with Crippen LogP contribution in [0.1, 0.15) is 42.5 Å². The van der Waals surface area contributed by atoms with Crippen molar-refractivity contribution in [3.05, 3.63) is 66.4 Å². The molecule has 0 bridgehead atoms. The van der Waals surface area contributed by atoms with Crippen molar-refractivity contribution in [3.8, 4) is 6.19 Å². The molecule has 1 aliphatic heterocycles. The summed E-state index contributed by atoms with van der Waals surface area (Å²) < 4.78 is 1.87. The molecule has 1 aromatic heterocycles. The molecule has 4 N–H and O–H groups in total. The number of likely N-dealkylation sites (tertiary alicyclic amines) is 1. The average Bonchev–Trinajstić information content (AvgIpc) is 3.27. The van der Waals surface area contributed by atoms with Crippen molar-refractivity contribution in [1.29, 1.82) is 5.26 Å². The van der Waals surface area contributed by atoms with E-state index in [0.29, 0.717) is 56.1 Å². The highest BCUT2D eigenvalue weighted by Gasteiger charge is 2.33. The van der Waals surface area contributed by atoms with Crippen molar-refractivity contribution < 1.29 is 9.90 Å². The van der Waals surface area contributed by atoms with Gasteiger partial charge in [-0.15, -0.1) is 0 Å². The van der Waals surface area contributed by atoms with Gasteiger partial charge in [-0.05, 0) is 62.4 Å². The lowest BCUT2D eigenvalue weighted by molar-refractivity contribution is -0.0243. The van der Waals surface area contributed by atoms with Crippen LogP contribution in [0.3, 0.4) is 0 Å². The standard InChI is InChI=1S/C26H30N6O2/c27-19-30-25(32-15-10-20-6-1-2-9-23(20)32)29-14-4-3-11-26(34)12-16-31(17-13-26)24(33)21-7-5-8-22(28)18-21/h1-2,5-10,15,18,34H,3-4,11-14,16-17,28H2,(H,29,30). The molecule has 1 amide bonds. The van der Waals surface area contributed by atoms with Crippen LogP contribution in [0.2, 0.25) is 0 Å². The number of hydrogen-bond acceptors (Lipinski definition) is 5. The number of nitrogens with two attached hydrogens (primary N) is 1. The van der Waals surface area contributed by atoms with Crippen LogP contribution in [0, 0.1) is 11.5 Å². The smallest absolute Gasteiger partial charge is 0.253 e. The normalized spacial score (nSPS) is 15.8. The van der Waals surface area contributed by atoms with Crippen LogP contribution in [-0.4, -0.2) is 51.7 Å². The SMILES string of the molecule is N#CNC(=NCCCCC1(O)CCN(C(=O)c2cccc(N)c2)CC1)n1ccc2ccccc21. The zero-order valence-electron chi connectivity index (χ0n) is 19.2. The second-order valence-electron chi connectivity index (χ2n) is 8.79. The first-order chi connectivity index (χ1) is 16.5. The third-order valence-corrected chi connectivity index (χ3v) is 6.42. The van der Waals surface area contributed by atoms with Gasteiger partial charge in [0, 0.05) is 42.5 Å². The van der Waals surface area contributed by atoms with Crippen molar-refractivity contribution in [2.45, 2.75) is 37.7 Å². The fourth-order valence-electron chi connectivity index (χ4n) is 4.47. The maximum Gasteiger partial charge on any atom is 0.253 e. The van der Waals surface area contributed by atoms with Gasteiger partial charge in [0.05, 0.1) is 11.1 Å². The van der Waals surface area contributed by atoms with E-state index < -0.39 is 5.60 Å². The Labute approximate surface area is 199 Å². The molecule has 4 rings (SSSR count). The molecule has 2 heterocycles. The molecular formula is C26H30N6O2. The van der Waals surface area contributed by atoms with E-state index in [0.717, 1.165) is 23.7 Å². The number of nitrogen functional groups attached to an aromatic ring is 1. The summed E-state index contributed by atoms with van der Waals surface area (Å²) in [5.41, 5.74) is 7.17. The zero-order chi connectivity index (χ0) is 24.0. The lowest BCUT2D eigenvalue weighted by atomic mass is 9.86. The summed E-state index contributed by atoms with van der Waals surface area (Å²) in [7, 11) is 0. The lowest BCUT2D eigenvalue weighted by Gasteiger charge is -2.38. The molecule has 3 aromatic rings. The predicted octanol–water partition coefficient (Wildman–Crippen LogP) is 3.34. The van der Waals surface area contributed by atoms with E-state index >= 15 is 0 Å². The monoisotopic (exact) mass is 458 g/mol. The number of hydrogen-bond donors (Lipinski definition) is 3. The third kappa shape index (κ3) is 5.38. The van der Waals surface area contributed by atoms with Gasteiger partial charge in [-0.3, -0.25) is 19.7 Å². The van der Waals surface area contributed by atoms with E-state index in [4.69, 9.17) is 11.0 Å². The highest BCUT2D eigenvalue weighted by Crippen LogP contribution is 2.28. The van der Waals surface area contributed by atoms with Gasteiger partial charge in [0.2, 0.25) is 5.96 Å². The second kappa shape index (κ2) is 10.4. The number of anilines is 1. The van der Waals surface area contributed by atoms with Crippen LogP contribution in [0.15, 0.2) is 65.8 Å². The number of piperidine rings is 1. The van der Waals surface area contributed by atoms with Gasteiger partial charge in [-0.2, -0.15) is 5.26 Å². The number of fused-ring (bicyclic) bond motifs is 1. The van der Waals surface area contributed by atoms with Crippen molar-refractivity contribution >= 4 is 28.5 Å². The number of para-hydroxylation sites is 1. The summed E-state index contributed by atoms with van der Waals surface area (Å²) in [6.07, 6.45) is 7.25. The highest BCUT2D eigenvalue weighted by molar-refractivity contribution is 5.95. The minimum atomic E-state index is -0.763. The van der Waals surface area contributed by atoms with Crippen molar-refractivity contribution in [2.75, 3.05) is 25.4 Å². The molecule has 0 spiro atoms. The van der Waals surface area contributed by atoms with Crippen LogP contribution in [0.4, 0.5) is 5.69 Å². The first kappa shape index (κ1) is 23.3. The number of unbranched alkanes of at least 4 members (excludes halogenated alkanes) is 1. The number of nitriles is 1. The van der Waals surface area contributed by atoms with E-state index in [2.05, 4.69) is 10.3 Å². The van der Waals surface area contributed by atoms with Crippen molar-refractivity contribution in [1.82, 2.24) is 14.8 Å². The van der Waals surface area contributed by atoms with E-state index in [1.165, 1.54) is 0 Å². The summed E-state index contributed by atoms with van der Waals surface area (Å²) in [4.78, 5) is 19.1. The van der Waals surface area contributed by atoms with Gasteiger partial charge in [-0.1, -0.05) is 24.3 Å². The quantitative estimate of drug-likeness (QED) is 0.131. The van der Waals surface area contributed by atoms with Gasteiger partial charge >= 0.3 is 0 Å². The molecule has 8 heteroatoms. The Morgan fingerprint density at radius 3 is 2.71 bits per heavy atom. The average molecular weight is 459 g/mol. The Hall–Kier alpha value is -3.83.